The molecule has 0 radical (unpaired) electrons. The third-order valence-electron chi connectivity index (χ3n) is 3.63. The Bertz CT molecular complexity index is 349. The second-order valence-electron chi connectivity index (χ2n) is 4.98. The monoisotopic (exact) mass is 258 g/mol. The van der Waals surface area contributed by atoms with E-state index in [0.29, 0.717) is 5.92 Å². The van der Waals surface area contributed by atoms with E-state index in [-0.39, 0.29) is 0 Å². The van der Waals surface area contributed by atoms with Gasteiger partial charge in [-0.1, -0.05) is 37.8 Å². The lowest BCUT2D eigenvalue weighted by Crippen LogP contribution is -2.37. The Morgan fingerprint density at radius 3 is 3.00 bits per heavy atom. The number of hydrogen-bond donors (Lipinski definition) is 1. The molecule has 0 spiro atoms. The van der Waals surface area contributed by atoms with Gasteiger partial charge in [0.05, 0.1) is 9.94 Å². The van der Waals surface area contributed by atoms with E-state index < -0.39 is 5.60 Å². The highest BCUT2D eigenvalue weighted by atomic mass is 35.5. The fraction of sp³-hybridized carbons (Fsp3) is 0.692. The van der Waals surface area contributed by atoms with Gasteiger partial charge in [0.15, 0.2) is 0 Å². The molecule has 1 aliphatic rings. The van der Waals surface area contributed by atoms with Crippen LogP contribution in [0.15, 0.2) is 12.1 Å². The standard InChI is InChI=1S/C13H19ClOS/c1-2-10-4-3-7-13(15,8-10)9-11-5-6-12(14)16-11/h5-6,10,15H,2-4,7-9H2,1H3. The van der Waals surface area contributed by atoms with E-state index in [1.54, 1.807) is 11.3 Å². The van der Waals surface area contributed by atoms with Gasteiger partial charge in [0.1, 0.15) is 0 Å². The van der Waals surface area contributed by atoms with E-state index in [2.05, 4.69) is 6.92 Å². The SMILES string of the molecule is CCC1CCCC(O)(Cc2ccc(Cl)s2)C1. The molecule has 1 saturated carbocycles. The van der Waals surface area contributed by atoms with Gasteiger partial charge in [-0.05, 0) is 30.9 Å². The van der Waals surface area contributed by atoms with Crippen LogP contribution in [0.4, 0.5) is 0 Å². The van der Waals surface area contributed by atoms with Crippen molar-refractivity contribution in [3.05, 3.63) is 21.3 Å². The van der Waals surface area contributed by atoms with Gasteiger partial charge in [0, 0.05) is 11.3 Å². The van der Waals surface area contributed by atoms with Crippen molar-refractivity contribution < 1.29 is 5.11 Å². The number of hydrogen-bond acceptors (Lipinski definition) is 2. The molecule has 0 bridgehead atoms. The fourth-order valence-corrected chi connectivity index (χ4v) is 3.97. The van der Waals surface area contributed by atoms with Crippen molar-refractivity contribution in [1.82, 2.24) is 0 Å². The third kappa shape index (κ3) is 2.99. The maximum Gasteiger partial charge on any atom is 0.0931 e. The van der Waals surface area contributed by atoms with Gasteiger partial charge < -0.3 is 5.11 Å². The average Bonchev–Trinajstić information content (AvgIpc) is 2.63. The summed E-state index contributed by atoms with van der Waals surface area (Å²) in [6, 6.07) is 3.96. The van der Waals surface area contributed by atoms with Crippen molar-refractivity contribution >= 4 is 22.9 Å². The first-order chi connectivity index (χ1) is 7.61. The number of halogens is 1. The quantitative estimate of drug-likeness (QED) is 0.858. The summed E-state index contributed by atoms with van der Waals surface area (Å²) >= 11 is 7.51. The molecule has 90 valence electrons. The van der Waals surface area contributed by atoms with Gasteiger partial charge in [-0.2, -0.15) is 0 Å². The summed E-state index contributed by atoms with van der Waals surface area (Å²) < 4.78 is 0.821. The van der Waals surface area contributed by atoms with Crippen molar-refractivity contribution in [1.29, 1.82) is 0 Å². The van der Waals surface area contributed by atoms with E-state index in [0.717, 1.165) is 30.0 Å². The molecule has 1 nitrogen and oxygen atoms in total. The van der Waals surface area contributed by atoms with Crippen LogP contribution < -0.4 is 0 Å². The Morgan fingerprint density at radius 2 is 2.38 bits per heavy atom. The average molecular weight is 259 g/mol. The molecular formula is C13H19ClOS. The lowest BCUT2D eigenvalue weighted by molar-refractivity contribution is -0.0155. The van der Waals surface area contributed by atoms with Crippen LogP contribution in [0.3, 0.4) is 0 Å². The first-order valence-electron chi connectivity index (χ1n) is 6.08. The molecule has 2 rings (SSSR count). The second-order valence-corrected chi connectivity index (χ2v) is 6.78. The van der Waals surface area contributed by atoms with Crippen molar-refractivity contribution in [2.75, 3.05) is 0 Å². The first kappa shape index (κ1) is 12.4. The van der Waals surface area contributed by atoms with Crippen molar-refractivity contribution in [2.24, 2.45) is 5.92 Å². The maximum absolute atomic E-state index is 10.6. The van der Waals surface area contributed by atoms with Gasteiger partial charge >= 0.3 is 0 Å². The molecule has 1 aromatic rings. The molecule has 0 saturated heterocycles. The maximum atomic E-state index is 10.6. The topological polar surface area (TPSA) is 20.2 Å². The number of rotatable bonds is 3. The summed E-state index contributed by atoms with van der Waals surface area (Å²) in [6.45, 7) is 2.22. The first-order valence-corrected chi connectivity index (χ1v) is 7.27. The molecule has 1 aliphatic carbocycles. The normalized spacial score (nSPS) is 30.6. The van der Waals surface area contributed by atoms with Crippen LogP contribution in [0.1, 0.15) is 43.9 Å². The zero-order valence-corrected chi connectivity index (χ0v) is 11.3. The van der Waals surface area contributed by atoms with E-state index in [9.17, 15) is 5.11 Å². The summed E-state index contributed by atoms with van der Waals surface area (Å²) in [7, 11) is 0. The van der Waals surface area contributed by atoms with Crippen LogP contribution in [0.25, 0.3) is 0 Å². The predicted molar refractivity (Wildman–Crippen MR) is 70.2 cm³/mol. The zero-order chi connectivity index (χ0) is 11.6. The van der Waals surface area contributed by atoms with Crippen molar-refractivity contribution in [3.8, 4) is 0 Å². The summed E-state index contributed by atoms with van der Waals surface area (Å²) in [6.07, 6.45) is 6.31. The summed E-state index contributed by atoms with van der Waals surface area (Å²) in [5.41, 5.74) is -0.479. The van der Waals surface area contributed by atoms with Crippen molar-refractivity contribution in [3.63, 3.8) is 0 Å². The van der Waals surface area contributed by atoms with Crippen molar-refractivity contribution in [2.45, 2.75) is 51.0 Å². The third-order valence-corrected chi connectivity index (χ3v) is 4.86. The van der Waals surface area contributed by atoms with Crippen LogP contribution in [0.2, 0.25) is 4.34 Å². The van der Waals surface area contributed by atoms with Gasteiger partial charge in [-0.15, -0.1) is 11.3 Å². The lowest BCUT2D eigenvalue weighted by atomic mass is 9.75. The minimum atomic E-state index is -0.479. The smallest absolute Gasteiger partial charge is 0.0931 e. The Hall–Kier alpha value is -0.0500. The summed E-state index contributed by atoms with van der Waals surface area (Å²) in [4.78, 5) is 1.21. The Kier molecular flexibility index (Phi) is 3.93. The molecule has 1 aromatic heterocycles. The molecule has 0 amide bonds. The largest absolute Gasteiger partial charge is 0.390 e. The predicted octanol–water partition coefficient (Wildman–Crippen LogP) is 4.28. The van der Waals surface area contributed by atoms with E-state index in [1.807, 2.05) is 12.1 Å². The number of thiophene rings is 1. The number of aliphatic hydroxyl groups is 1. The second kappa shape index (κ2) is 5.07. The van der Waals surface area contributed by atoms with Gasteiger partial charge in [-0.25, -0.2) is 0 Å². The van der Waals surface area contributed by atoms with Crippen LogP contribution in [0, 0.1) is 5.92 Å². The minimum absolute atomic E-state index is 0.479. The molecule has 0 aromatic carbocycles. The zero-order valence-electron chi connectivity index (χ0n) is 9.71. The molecular weight excluding hydrogens is 240 g/mol. The Morgan fingerprint density at radius 1 is 1.56 bits per heavy atom. The van der Waals surface area contributed by atoms with Crippen LogP contribution in [0.5, 0.6) is 0 Å². The molecule has 16 heavy (non-hydrogen) atoms. The van der Waals surface area contributed by atoms with Crippen LogP contribution >= 0.6 is 22.9 Å². The molecule has 0 aliphatic heterocycles. The lowest BCUT2D eigenvalue weighted by Gasteiger charge is -2.36. The van der Waals surface area contributed by atoms with Crippen LogP contribution in [-0.4, -0.2) is 10.7 Å². The van der Waals surface area contributed by atoms with E-state index in [1.165, 1.54) is 17.7 Å². The molecule has 2 unspecified atom stereocenters. The summed E-state index contributed by atoms with van der Waals surface area (Å²) in [5.74, 6) is 0.703. The van der Waals surface area contributed by atoms with Gasteiger partial charge in [0.2, 0.25) is 0 Å². The summed E-state index contributed by atoms with van der Waals surface area (Å²) in [5, 5.41) is 10.6. The highest BCUT2D eigenvalue weighted by Gasteiger charge is 2.33. The minimum Gasteiger partial charge on any atom is -0.390 e. The van der Waals surface area contributed by atoms with E-state index >= 15 is 0 Å². The molecule has 3 heteroatoms. The molecule has 1 fully saturated rings. The Labute approximate surface area is 106 Å². The molecule has 1 heterocycles. The van der Waals surface area contributed by atoms with Crippen LogP contribution in [-0.2, 0) is 6.42 Å². The Balaban J connectivity index is 2.01. The molecule has 2 atom stereocenters. The highest BCUT2D eigenvalue weighted by molar-refractivity contribution is 7.16. The highest BCUT2D eigenvalue weighted by Crippen LogP contribution is 2.37. The van der Waals surface area contributed by atoms with Gasteiger partial charge in [-0.3, -0.25) is 0 Å². The van der Waals surface area contributed by atoms with E-state index in [4.69, 9.17) is 11.6 Å². The molecule has 1 N–H and O–H groups in total. The van der Waals surface area contributed by atoms with Gasteiger partial charge in [0.25, 0.3) is 0 Å². The fourth-order valence-electron chi connectivity index (χ4n) is 2.74.